The summed E-state index contributed by atoms with van der Waals surface area (Å²) in [6.07, 6.45) is -2.82. The number of alkyl halides is 3. The lowest BCUT2D eigenvalue weighted by Gasteiger charge is -2.25. The van der Waals surface area contributed by atoms with E-state index in [-0.39, 0.29) is 6.04 Å². The van der Waals surface area contributed by atoms with Crippen molar-refractivity contribution in [3.63, 3.8) is 0 Å². The summed E-state index contributed by atoms with van der Waals surface area (Å²) in [6.45, 7) is 5.55. The number of benzene rings is 1. The highest BCUT2D eigenvalue weighted by atomic mass is 19.4. The Balaban J connectivity index is 2.79. The second-order valence-corrected chi connectivity index (χ2v) is 5.33. The van der Waals surface area contributed by atoms with Crippen molar-refractivity contribution in [1.29, 1.82) is 0 Å². The molecule has 21 heavy (non-hydrogen) atoms. The number of hydrogen-bond donors (Lipinski definition) is 1. The maximum Gasteiger partial charge on any atom is 0.416 e. The van der Waals surface area contributed by atoms with Gasteiger partial charge in [0.15, 0.2) is 0 Å². The first-order chi connectivity index (χ1) is 9.88. The smallest absolute Gasteiger partial charge is 0.385 e. The molecule has 1 N–H and O–H groups in total. The van der Waals surface area contributed by atoms with Crippen molar-refractivity contribution in [2.24, 2.45) is 5.92 Å². The van der Waals surface area contributed by atoms with E-state index in [9.17, 15) is 13.2 Å². The maximum absolute atomic E-state index is 12.7. The summed E-state index contributed by atoms with van der Waals surface area (Å²) in [4.78, 5) is 0. The molecule has 0 aliphatic rings. The summed E-state index contributed by atoms with van der Waals surface area (Å²) >= 11 is 0. The van der Waals surface area contributed by atoms with Gasteiger partial charge in [0.1, 0.15) is 0 Å². The van der Waals surface area contributed by atoms with Gasteiger partial charge < -0.3 is 10.1 Å². The number of hydrogen-bond acceptors (Lipinski definition) is 2. The van der Waals surface area contributed by atoms with Crippen LogP contribution in [0.4, 0.5) is 13.2 Å². The summed E-state index contributed by atoms with van der Waals surface area (Å²) in [6, 6.07) is 5.73. The lowest BCUT2D eigenvalue weighted by molar-refractivity contribution is -0.137. The summed E-state index contributed by atoms with van der Waals surface area (Å²) in [5, 5.41) is 3.36. The van der Waals surface area contributed by atoms with Gasteiger partial charge in [-0.15, -0.1) is 0 Å². The van der Waals surface area contributed by atoms with Gasteiger partial charge in [-0.3, -0.25) is 0 Å². The number of likely N-dealkylation sites (N-methyl/N-ethyl adjacent to an activating group) is 1. The Morgan fingerprint density at radius 2 is 2.00 bits per heavy atom. The molecule has 2 unspecified atom stereocenters. The normalized spacial score (nSPS) is 15.0. The van der Waals surface area contributed by atoms with Gasteiger partial charge in [-0.2, -0.15) is 13.2 Å². The number of halogens is 3. The molecule has 1 aromatic rings. The van der Waals surface area contributed by atoms with Crippen LogP contribution in [0.1, 0.15) is 31.4 Å². The molecule has 0 amide bonds. The molecule has 0 heterocycles. The summed E-state index contributed by atoms with van der Waals surface area (Å²) < 4.78 is 43.3. The average Bonchev–Trinajstić information content (AvgIpc) is 2.43. The number of rotatable bonds is 8. The Kier molecular flexibility index (Phi) is 7.18. The molecule has 0 saturated carbocycles. The molecule has 1 aromatic carbocycles. The lowest BCUT2D eigenvalue weighted by Crippen LogP contribution is -2.37. The van der Waals surface area contributed by atoms with Crippen molar-refractivity contribution in [2.45, 2.75) is 38.9 Å². The molecule has 0 aliphatic carbocycles. The third-order valence-electron chi connectivity index (χ3n) is 3.64. The Labute approximate surface area is 124 Å². The molecule has 0 spiro atoms. The van der Waals surface area contributed by atoms with Crippen LogP contribution in [0.3, 0.4) is 0 Å². The highest BCUT2D eigenvalue weighted by Gasteiger charge is 2.30. The quantitative estimate of drug-likeness (QED) is 0.786. The molecule has 120 valence electrons. The van der Waals surface area contributed by atoms with Gasteiger partial charge in [-0.1, -0.05) is 32.0 Å². The minimum atomic E-state index is -4.29. The first kappa shape index (κ1) is 18.0. The van der Waals surface area contributed by atoms with Gasteiger partial charge in [-0.05, 0) is 36.9 Å². The number of ether oxygens (including phenoxy) is 1. The fraction of sp³-hybridized carbons (Fsp3) is 0.625. The van der Waals surface area contributed by atoms with Crippen LogP contribution in [0.2, 0.25) is 0 Å². The van der Waals surface area contributed by atoms with Gasteiger partial charge in [0.25, 0.3) is 0 Å². The first-order valence-electron chi connectivity index (χ1n) is 7.27. The van der Waals surface area contributed by atoms with Crippen LogP contribution in [0.25, 0.3) is 0 Å². The minimum absolute atomic E-state index is 0.147. The predicted octanol–water partition coefficient (Wildman–Crippen LogP) is 3.90. The fourth-order valence-corrected chi connectivity index (χ4v) is 2.37. The van der Waals surface area contributed by atoms with Gasteiger partial charge in [0.2, 0.25) is 0 Å². The SMILES string of the molecule is CCNC(Cc1cccc(C(F)(F)F)c1)C(C)CCOC. The number of methoxy groups -OCH3 is 1. The van der Waals surface area contributed by atoms with E-state index in [0.29, 0.717) is 24.5 Å². The van der Waals surface area contributed by atoms with E-state index in [1.54, 1.807) is 13.2 Å². The van der Waals surface area contributed by atoms with Crippen LogP contribution < -0.4 is 5.32 Å². The molecule has 5 heteroatoms. The zero-order chi connectivity index (χ0) is 15.9. The number of nitrogens with one attached hydrogen (secondary N) is 1. The van der Waals surface area contributed by atoms with Crippen LogP contribution in [-0.4, -0.2) is 26.3 Å². The molecule has 2 nitrogen and oxygen atoms in total. The van der Waals surface area contributed by atoms with Crippen molar-refractivity contribution >= 4 is 0 Å². The first-order valence-corrected chi connectivity index (χ1v) is 7.27. The third kappa shape index (κ3) is 6.06. The Bertz CT molecular complexity index is 420. The molecule has 0 saturated heterocycles. The third-order valence-corrected chi connectivity index (χ3v) is 3.64. The Hall–Kier alpha value is -1.07. The van der Waals surface area contributed by atoms with Crippen molar-refractivity contribution in [3.05, 3.63) is 35.4 Å². The molecule has 0 aliphatic heterocycles. The standard InChI is InChI=1S/C16H24F3NO/c1-4-20-15(12(2)8-9-21-3)11-13-6-5-7-14(10-13)16(17,18)19/h5-7,10,12,15,20H,4,8-9,11H2,1-3H3. The largest absolute Gasteiger partial charge is 0.416 e. The second kappa shape index (κ2) is 8.39. The Morgan fingerprint density at radius 3 is 2.57 bits per heavy atom. The van der Waals surface area contributed by atoms with Crippen LogP contribution >= 0.6 is 0 Å². The molecular formula is C16H24F3NO. The average molecular weight is 303 g/mol. The van der Waals surface area contributed by atoms with Gasteiger partial charge in [-0.25, -0.2) is 0 Å². The van der Waals surface area contributed by atoms with Gasteiger partial charge >= 0.3 is 6.18 Å². The van der Waals surface area contributed by atoms with E-state index in [4.69, 9.17) is 4.74 Å². The fourth-order valence-electron chi connectivity index (χ4n) is 2.37. The lowest BCUT2D eigenvalue weighted by atomic mass is 9.92. The summed E-state index contributed by atoms with van der Waals surface area (Å²) in [5.74, 6) is 0.333. The highest BCUT2D eigenvalue weighted by Crippen LogP contribution is 2.30. The monoisotopic (exact) mass is 303 g/mol. The van der Waals surface area contributed by atoms with Crippen molar-refractivity contribution in [3.8, 4) is 0 Å². The molecule has 0 bridgehead atoms. The second-order valence-electron chi connectivity index (χ2n) is 5.33. The van der Waals surface area contributed by atoms with E-state index in [1.165, 1.54) is 12.1 Å². The molecule has 0 fully saturated rings. The van der Waals surface area contributed by atoms with E-state index in [0.717, 1.165) is 19.0 Å². The van der Waals surface area contributed by atoms with Gasteiger partial charge in [0.05, 0.1) is 5.56 Å². The maximum atomic E-state index is 12.7. The van der Waals surface area contributed by atoms with Gasteiger partial charge in [0, 0.05) is 19.8 Å². The molecular weight excluding hydrogens is 279 g/mol. The predicted molar refractivity (Wildman–Crippen MR) is 78.3 cm³/mol. The topological polar surface area (TPSA) is 21.3 Å². The molecule has 1 rings (SSSR count). The van der Waals surface area contributed by atoms with E-state index >= 15 is 0 Å². The van der Waals surface area contributed by atoms with Crippen LogP contribution in [-0.2, 0) is 17.3 Å². The Morgan fingerprint density at radius 1 is 1.29 bits per heavy atom. The van der Waals surface area contributed by atoms with Crippen LogP contribution in [0.5, 0.6) is 0 Å². The van der Waals surface area contributed by atoms with E-state index < -0.39 is 11.7 Å². The van der Waals surface area contributed by atoms with E-state index in [2.05, 4.69) is 12.2 Å². The van der Waals surface area contributed by atoms with Crippen LogP contribution in [0, 0.1) is 5.92 Å². The summed E-state index contributed by atoms with van der Waals surface area (Å²) in [7, 11) is 1.65. The summed E-state index contributed by atoms with van der Waals surface area (Å²) in [5.41, 5.74) is 0.125. The highest BCUT2D eigenvalue weighted by molar-refractivity contribution is 5.26. The van der Waals surface area contributed by atoms with Crippen molar-refractivity contribution in [1.82, 2.24) is 5.32 Å². The zero-order valence-corrected chi connectivity index (χ0v) is 12.8. The van der Waals surface area contributed by atoms with Crippen LogP contribution in [0.15, 0.2) is 24.3 Å². The van der Waals surface area contributed by atoms with E-state index in [1.807, 2.05) is 6.92 Å². The zero-order valence-electron chi connectivity index (χ0n) is 12.8. The molecule has 2 atom stereocenters. The molecule has 0 radical (unpaired) electrons. The van der Waals surface area contributed by atoms with Crippen molar-refractivity contribution < 1.29 is 17.9 Å². The molecule has 0 aromatic heterocycles. The minimum Gasteiger partial charge on any atom is -0.385 e. The van der Waals surface area contributed by atoms with Crippen molar-refractivity contribution in [2.75, 3.05) is 20.3 Å².